The van der Waals surface area contributed by atoms with Gasteiger partial charge in [0.25, 0.3) is 0 Å². The first-order valence-electron chi connectivity index (χ1n) is 9.41. The summed E-state index contributed by atoms with van der Waals surface area (Å²) >= 11 is 0. The highest BCUT2D eigenvalue weighted by Gasteiger charge is 2.56. The number of aldehydes is 1. The molecule has 126 valence electrons. The molecular weight excluding hydrogens is 272 g/mol. The van der Waals surface area contributed by atoms with Gasteiger partial charge >= 0.3 is 0 Å². The van der Waals surface area contributed by atoms with Crippen LogP contribution in [0.1, 0.15) is 79.1 Å². The van der Waals surface area contributed by atoms with Crippen LogP contribution in [0.4, 0.5) is 0 Å². The molecule has 0 aromatic rings. The molecule has 0 N–H and O–H groups in total. The minimum absolute atomic E-state index is 0.245. The highest BCUT2D eigenvalue weighted by Crippen LogP contribution is 2.63. The largest absolute Gasteiger partial charge is 0.374 e. The van der Waals surface area contributed by atoms with Crippen molar-refractivity contribution >= 4 is 6.29 Å². The van der Waals surface area contributed by atoms with Gasteiger partial charge in [0, 0.05) is 6.42 Å². The Morgan fingerprint density at radius 2 is 1.86 bits per heavy atom. The van der Waals surface area contributed by atoms with E-state index < -0.39 is 0 Å². The van der Waals surface area contributed by atoms with Gasteiger partial charge in [0.15, 0.2) is 0 Å². The van der Waals surface area contributed by atoms with E-state index in [2.05, 4.69) is 27.7 Å². The molecule has 0 unspecified atom stereocenters. The van der Waals surface area contributed by atoms with Crippen LogP contribution in [0.15, 0.2) is 0 Å². The number of ether oxygens (including phenoxy) is 1. The fourth-order valence-electron chi connectivity index (χ4n) is 6.42. The maximum Gasteiger partial charge on any atom is 0.122 e. The minimum atomic E-state index is -0.245. The number of carbonyl (C=O) groups is 1. The van der Waals surface area contributed by atoms with Crippen molar-refractivity contribution in [3.05, 3.63) is 0 Å². The van der Waals surface area contributed by atoms with Gasteiger partial charge in [-0.25, -0.2) is 0 Å². The van der Waals surface area contributed by atoms with E-state index in [9.17, 15) is 4.79 Å². The van der Waals surface area contributed by atoms with Gasteiger partial charge in [-0.3, -0.25) is 0 Å². The van der Waals surface area contributed by atoms with E-state index in [0.29, 0.717) is 17.3 Å². The van der Waals surface area contributed by atoms with Crippen molar-refractivity contribution in [2.24, 2.45) is 28.6 Å². The Morgan fingerprint density at radius 1 is 1.09 bits per heavy atom. The van der Waals surface area contributed by atoms with Gasteiger partial charge in [-0.2, -0.15) is 0 Å². The van der Waals surface area contributed by atoms with E-state index >= 15 is 0 Å². The molecule has 2 aliphatic carbocycles. The third-order valence-electron chi connectivity index (χ3n) is 7.79. The topological polar surface area (TPSA) is 26.3 Å². The van der Waals surface area contributed by atoms with E-state index in [-0.39, 0.29) is 5.60 Å². The molecule has 0 amide bonds. The number of rotatable bonds is 2. The Bertz CT molecular complexity index is 433. The lowest BCUT2D eigenvalue weighted by Gasteiger charge is -2.59. The molecule has 1 aliphatic heterocycles. The summed E-state index contributed by atoms with van der Waals surface area (Å²) in [6.45, 7) is 10.5. The third-order valence-corrected chi connectivity index (χ3v) is 7.79. The van der Waals surface area contributed by atoms with Gasteiger partial charge in [0.1, 0.15) is 6.29 Å². The van der Waals surface area contributed by atoms with Gasteiger partial charge in [0.05, 0.1) is 12.2 Å². The predicted molar refractivity (Wildman–Crippen MR) is 89.7 cm³/mol. The van der Waals surface area contributed by atoms with Crippen LogP contribution in [-0.2, 0) is 9.53 Å². The SMILES string of the molecule is C[C@H]1CC[C@H]2[C@@]3(C)CCC[C@]2(C)[C@H]1CC[C@@](C)(CC=O)OC3. The Kier molecular flexibility index (Phi) is 4.21. The average molecular weight is 306 g/mol. The fourth-order valence-corrected chi connectivity index (χ4v) is 6.42. The quantitative estimate of drug-likeness (QED) is 0.671. The molecule has 3 fully saturated rings. The van der Waals surface area contributed by atoms with Crippen molar-refractivity contribution < 1.29 is 9.53 Å². The predicted octanol–water partition coefficient (Wildman–Crippen LogP) is 5.00. The number of hydrogen-bond acceptors (Lipinski definition) is 2. The first-order valence-corrected chi connectivity index (χ1v) is 9.41. The lowest BCUT2D eigenvalue weighted by Crippen LogP contribution is -2.53. The van der Waals surface area contributed by atoms with Crippen LogP contribution in [0.3, 0.4) is 0 Å². The molecule has 1 saturated heterocycles. The van der Waals surface area contributed by atoms with Gasteiger partial charge < -0.3 is 9.53 Å². The van der Waals surface area contributed by atoms with Crippen LogP contribution in [0, 0.1) is 28.6 Å². The minimum Gasteiger partial charge on any atom is -0.374 e. The molecule has 1 heterocycles. The molecule has 6 atom stereocenters. The molecule has 2 heteroatoms. The van der Waals surface area contributed by atoms with Gasteiger partial charge in [-0.05, 0) is 67.6 Å². The molecular formula is C20H34O2. The zero-order valence-electron chi connectivity index (χ0n) is 15.0. The van der Waals surface area contributed by atoms with E-state index in [1.807, 2.05) is 0 Å². The number of hydrogen-bond donors (Lipinski definition) is 0. The summed E-state index contributed by atoms with van der Waals surface area (Å²) in [5, 5.41) is 0. The summed E-state index contributed by atoms with van der Waals surface area (Å²) in [7, 11) is 0. The van der Waals surface area contributed by atoms with Crippen LogP contribution in [0.25, 0.3) is 0 Å². The first kappa shape index (κ1) is 16.5. The van der Waals surface area contributed by atoms with Gasteiger partial charge in [-0.1, -0.05) is 33.6 Å². The molecule has 4 bridgehead atoms. The van der Waals surface area contributed by atoms with Crippen molar-refractivity contribution in [3.8, 4) is 0 Å². The summed E-state index contributed by atoms with van der Waals surface area (Å²) in [6.07, 6.45) is 10.7. The highest BCUT2D eigenvalue weighted by molar-refractivity contribution is 5.51. The molecule has 0 aromatic carbocycles. The van der Waals surface area contributed by atoms with Crippen molar-refractivity contribution in [1.29, 1.82) is 0 Å². The van der Waals surface area contributed by atoms with E-state index in [0.717, 1.165) is 37.1 Å². The molecule has 3 aliphatic rings. The Labute approximate surface area is 136 Å². The van der Waals surface area contributed by atoms with E-state index in [1.54, 1.807) is 0 Å². The van der Waals surface area contributed by atoms with Gasteiger partial charge in [-0.15, -0.1) is 0 Å². The summed E-state index contributed by atoms with van der Waals surface area (Å²) < 4.78 is 6.44. The molecule has 2 nitrogen and oxygen atoms in total. The van der Waals surface area contributed by atoms with E-state index in [1.165, 1.54) is 38.5 Å². The normalized spacial score (nSPS) is 52.3. The summed E-state index contributed by atoms with van der Waals surface area (Å²) in [5.74, 6) is 2.43. The van der Waals surface area contributed by atoms with Crippen LogP contribution < -0.4 is 0 Å². The van der Waals surface area contributed by atoms with Gasteiger partial charge in [0.2, 0.25) is 0 Å². The smallest absolute Gasteiger partial charge is 0.122 e. The zero-order chi connectivity index (χ0) is 16.0. The summed E-state index contributed by atoms with van der Waals surface area (Å²) in [4.78, 5) is 11.1. The molecule has 0 spiro atoms. The molecule has 0 aromatic heterocycles. The Morgan fingerprint density at radius 3 is 2.59 bits per heavy atom. The molecule has 22 heavy (non-hydrogen) atoms. The second-order valence-corrected chi connectivity index (χ2v) is 9.38. The summed E-state index contributed by atoms with van der Waals surface area (Å²) in [5.41, 5.74) is 0.547. The fraction of sp³-hybridized carbons (Fsp3) is 0.950. The maximum atomic E-state index is 11.1. The van der Waals surface area contributed by atoms with Crippen LogP contribution in [0.2, 0.25) is 0 Å². The van der Waals surface area contributed by atoms with Crippen molar-refractivity contribution in [1.82, 2.24) is 0 Å². The maximum absolute atomic E-state index is 11.1. The van der Waals surface area contributed by atoms with Crippen molar-refractivity contribution in [3.63, 3.8) is 0 Å². The standard InChI is InChI=1S/C20H34O2/c1-15-6-7-17-18(2)9-5-10-20(17,4)16(15)8-11-19(3,12-13-21)22-14-18/h13,15-17H,5-12,14H2,1-4H3/t15-,16-,17-,18-,19-,20+/m0/s1. The molecule has 3 rings (SSSR count). The Hall–Kier alpha value is -0.370. The molecule has 2 saturated carbocycles. The number of carbonyl (C=O) groups excluding carboxylic acids is 1. The monoisotopic (exact) mass is 306 g/mol. The Balaban J connectivity index is 1.98. The third kappa shape index (κ3) is 2.56. The molecule has 0 radical (unpaired) electrons. The van der Waals surface area contributed by atoms with E-state index in [4.69, 9.17) is 4.74 Å². The zero-order valence-corrected chi connectivity index (χ0v) is 15.0. The lowest BCUT2D eigenvalue weighted by molar-refractivity contribution is -0.140. The summed E-state index contributed by atoms with van der Waals surface area (Å²) in [6, 6.07) is 0. The van der Waals surface area contributed by atoms with Crippen molar-refractivity contribution in [2.75, 3.05) is 6.61 Å². The van der Waals surface area contributed by atoms with Crippen LogP contribution >= 0.6 is 0 Å². The average Bonchev–Trinajstić information content (AvgIpc) is 2.46. The highest BCUT2D eigenvalue weighted by atomic mass is 16.5. The van der Waals surface area contributed by atoms with Crippen LogP contribution in [-0.4, -0.2) is 18.5 Å². The first-order chi connectivity index (χ1) is 10.3. The lowest BCUT2D eigenvalue weighted by atomic mass is 9.46. The van der Waals surface area contributed by atoms with Crippen molar-refractivity contribution in [2.45, 2.75) is 84.7 Å². The second-order valence-electron chi connectivity index (χ2n) is 9.38. The van der Waals surface area contributed by atoms with Crippen LogP contribution in [0.5, 0.6) is 0 Å². The second kappa shape index (κ2) is 5.61.